The highest BCUT2D eigenvalue weighted by Crippen LogP contribution is 2.16. The molecule has 0 saturated heterocycles. The largest absolute Gasteiger partial charge is 0.480 e. The summed E-state index contributed by atoms with van der Waals surface area (Å²) in [4.78, 5) is 11.3. The normalized spacial score (nSPS) is 23.8. The molecule has 94 valence electrons. The van der Waals surface area contributed by atoms with Crippen LogP contribution in [0.4, 0.5) is 0 Å². The molecule has 0 fully saturated rings. The molecule has 0 bridgehead atoms. The highest BCUT2D eigenvalue weighted by molar-refractivity contribution is 6.23. The number of carboxylic acid groups (broad SMARTS) is 1. The van der Waals surface area contributed by atoms with E-state index in [-0.39, 0.29) is 11.4 Å². The number of hydrogen-bond donors (Lipinski definition) is 2. The summed E-state index contributed by atoms with van der Waals surface area (Å²) in [5, 5.41) is 12.2. The van der Waals surface area contributed by atoms with Crippen LogP contribution in [0.2, 0.25) is 0 Å². The van der Waals surface area contributed by atoms with Gasteiger partial charge in [-0.15, -0.1) is 11.6 Å². The maximum Gasteiger partial charge on any atom is 0.325 e. The SMILES string of the molecule is O=C(O)C(NC1C=CC(Cl)C=C1)c1ccccc1. The number of hydrogen-bond acceptors (Lipinski definition) is 2. The van der Waals surface area contributed by atoms with Gasteiger partial charge in [-0.25, -0.2) is 0 Å². The number of carboxylic acids is 1. The van der Waals surface area contributed by atoms with Crippen LogP contribution in [0.25, 0.3) is 0 Å². The number of carbonyl (C=O) groups is 1. The van der Waals surface area contributed by atoms with Crippen molar-refractivity contribution < 1.29 is 9.90 Å². The van der Waals surface area contributed by atoms with Gasteiger partial charge in [0.25, 0.3) is 0 Å². The fourth-order valence-electron chi connectivity index (χ4n) is 1.84. The molecule has 18 heavy (non-hydrogen) atoms. The molecule has 1 atom stereocenters. The molecule has 0 radical (unpaired) electrons. The van der Waals surface area contributed by atoms with E-state index in [1.54, 1.807) is 12.1 Å². The highest BCUT2D eigenvalue weighted by atomic mass is 35.5. The van der Waals surface area contributed by atoms with Crippen LogP contribution in [0.5, 0.6) is 0 Å². The van der Waals surface area contributed by atoms with E-state index in [1.807, 2.05) is 42.5 Å². The fraction of sp³-hybridized carbons (Fsp3) is 0.214. The van der Waals surface area contributed by atoms with Gasteiger partial charge in [0.2, 0.25) is 0 Å². The summed E-state index contributed by atoms with van der Waals surface area (Å²) in [5.41, 5.74) is 0.736. The lowest BCUT2D eigenvalue weighted by molar-refractivity contribution is -0.139. The summed E-state index contributed by atoms with van der Waals surface area (Å²) in [6.07, 6.45) is 7.42. The molecule has 3 nitrogen and oxygen atoms in total. The van der Waals surface area contributed by atoms with E-state index in [4.69, 9.17) is 11.6 Å². The predicted octanol–water partition coefficient (Wildman–Crippen LogP) is 2.50. The van der Waals surface area contributed by atoms with Crippen molar-refractivity contribution in [1.29, 1.82) is 0 Å². The average Bonchev–Trinajstić information content (AvgIpc) is 2.38. The Balaban J connectivity index is 2.11. The first-order valence-corrected chi connectivity index (χ1v) is 6.15. The number of nitrogens with one attached hydrogen (secondary N) is 1. The van der Waals surface area contributed by atoms with Gasteiger partial charge in [-0.1, -0.05) is 54.6 Å². The minimum atomic E-state index is -0.893. The second-order valence-electron chi connectivity index (χ2n) is 4.09. The van der Waals surface area contributed by atoms with E-state index in [1.165, 1.54) is 0 Å². The number of allylic oxidation sites excluding steroid dienone is 2. The number of benzene rings is 1. The summed E-state index contributed by atoms with van der Waals surface area (Å²) >= 11 is 5.88. The highest BCUT2D eigenvalue weighted by Gasteiger charge is 2.21. The third-order valence-electron chi connectivity index (χ3n) is 2.74. The Labute approximate surface area is 111 Å². The summed E-state index contributed by atoms with van der Waals surface area (Å²) in [5.74, 6) is -0.893. The van der Waals surface area contributed by atoms with Gasteiger partial charge in [0, 0.05) is 6.04 Å². The van der Waals surface area contributed by atoms with Crippen LogP contribution in [0.1, 0.15) is 11.6 Å². The van der Waals surface area contributed by atoms with E-state index in [0.29, 0.717) is 0 Å². The van der Waals surface area contributed by atoms with Gasteiger partial charge in [-0.3, -0.25) is 10.1 Å². The molecule has 0 saturated carbocycles. The van der Waals surface area contributed by atoms with Crippen molar-refractivity contribution in [3.05, 3.63) is 60.2 Å². The smallest absolute Gasteiger partial charge is 0.325 e. The number of aliphatic carboxylic acids is 1. The first-order valence-electron chi connectivity index (χ1n) is 5.71. The Hall–Kier alpha value is -1.58. The van der Waals surface area contributed by atoms with Gasteiger partial charge in [0.05, 0.1) is 5.38 Å². The molecule has 0 aliphatic heterocycles. The Morgan fingerprint density at radius 1 is 1.17 bits per heavy atom. The number of halogens is 1. The minimum Gasteiger partial charge on any atom is -0.480 e. The molecular weight excluding hydrogens is 250 g/mol. The molecule has 2 N–H and O–H groups in total. The number of alkyl halides is 1. The molecule has 1 aromatic rings. The van der Waals surface area contributed by atoms with Crippen molar-refractivity contribution >= 4 is 17.6 Å². The molecule has 2 rings (SSSR count). The van der Waals surface area contributed by atoms with Crippen LogP contribution in [-0.2, 0) is 4.79 Å². The first kappa shape index (κ1) is 12.9. The van der Waals surface area contributed by atoms with Crippen LogP contribution in [-0.4, -0.2) is 22.5 Å². The van der Waals surface area contributed by atoms with Crippen molar-refractivity contribution in [3.8, 4) is 0 Å². The zero-order valence-corrected chi connectivity index (χ0v) is 10.4. The van der Waals surface area contributed by atoms with Crippen molar-refractivity contribution in [3.63, 3.8) is 0 Å². The van der Waals surface area contributed by atoms with E-state index in [2.05, 4.69) is 5.32 Å². The minimum absolute atomic E-state index is 0.108. The molecule has 1 aromatic carbocycles. The fourth-order valence-corrected chi connectivity index (χ4v) is 2.01. The quantitative estimate of drug-likeness (QED) is 0.648. The zero-order valence-electron chi connectivity index (χ0n) is 9.66. The summed E-state index contributed by atoms with van der Waals surface area (Å²) in [7, 11) is 0. The Morgan fingerprint density at radius 2 is 1.78 bits per heavy atom. The van der Waals surface area contributed by atoms with E-state index in [9.17, 15) is 9.90 Å². The lowest BCUT2D eigenvalue weighted by Gasteiger charge is -2.21. The zero-order chi connectivity index (χ0) is 13.0. The molecule has 1 aliphatic carbocycles. The van der Waals surface area contributed by atoms with Crippen LogP contribution in [0, 0.1) is 0 Å². The third-order valence-corrected chi connectivity index (χ3v) is 3.03. The average molecular weight is 264 g/mol. The topological polar surface area (TPSA) is 49.3 Å². The van der Waals surface area contributed by atoms with Crippen molar-refractivity contribution in [1.82, 2.24) is 5.32 Å². The van der Waals surface area contributed by atoms with Crippen molar-refractivity contribution in [2.45, 2.75) is 17.5 Å². The van der Waals surface area contributed by atoms with Crippen LogP contribution < -0.4 is 5.32 Å². The molecule has 1 aliphatic rings. The van der Waals surface area contributed by atoms with E-state index >= 15 is 0 Å². The predicted molar refractivity (Wildman–Crippen MR) is 71.7 cm³/mol. The monoisotopic (exact) mass is 263 g/mol. The van der Waals surface area contributed by atoms with Crippen molar-refractivity contribution in [2.75, 3.05) is 0 Å². The molecule has 0 aromatic heterocycles. The molecule has 1 unspecified atom stereocenters. The first-order chi connectivity index (χ1) is 8.66. The summed E-state index contributed by atoms with van der Waals surface area (Å²) in [6.45, 7) is 0. The molecule has 0 amide bonds. The third kappa shape index (κ3) is 3.22. The molecule has 0 heterocycles. The Kier molecular flexibility index (Phi) is 4.18. The maximum absolute atomic E-state index is 11.3. The standard InChI is InChI=1S/C14H14ClNO2/c15-11-6-8-12(9-7-11)16-13(14(17)18)10-4-2-1-3-5-10/h1-9,11-13,16H,(H,17,18). The number of rotatable bonds is 4. The van der Waals surface area contributed by atoms with Crippen molar-refractivity contribution in [2.24, 2.45) is 0 Å². The summed E-state index contributed by atoms with van der Waals surface area (Å²) < 4.78 is 0. The van der Waals surface area contributed by atoms with E-state index < -0.39 is 12.0 Å². The van der Waals surface area contributed by atoms with Gasteiger partial charge in [-0.05, 0) is 5.56 Å². The molecule has 0 spiro atoms. The molecular formula is C14H14ClNO2. The van der Waals surface area contributed by atoms with Crippen LogP contribution in [0.3, 0.4) is 0 Å². The lowest BCUT2D eigenvalue weighted by atomic mass is 10.0. The van der Waals surface area contributed by atoms with Gasteiger partial charge in [-0.2, -0.15) is 0 Å². The van der Waals surface area contributed by atoms with Crippen LogP contribution in [0.15, 0.2) is 54.6 Å². The van der Waals surface area contributed by atoms with Gasteiger partial charge < -0.3 is 5.11 Å². The van der Waals surface area contributed by atoms with Gasteiger partial charge in [0.1, 0.15) is 6.04 Å². The Morgan fingerprint density at radius 3 is 2.33 bits per heavy atom. The summed E-state index contributed by atoms with van der Waals surface area (Å²) in [6, 6.07) is 8.28. The van der Waals surface area contributed by atoms with E-state index in [0.717, 1.165) is 5.56 Å². The second kappa shape index (κ2) is 5.85. The molecule has 4 heteroatoms. The van der Waals surface area contributed by atoms with Crippen LogP contribution >= 0.6 is 11.6 Å². The van der Waals surface area contributed by atoms with Gasteiger partial charge >= 0.3 is 5.97 Å². The maximum atomic E-state index is 11.3. The lowest BCUT2D eigenvalue weighted by Crippen LogP contribution is -2.35. The van der Waals surface area contributed by atoms with Gasteiger partial charge in [0.15, 0.2) is 0 Å². The second-order valence-corrected chi connectivity index (χ2v) is 4.59. The Bertz CT molecular complexity index is 456.